The molecule has 0 radical (unpaired) electrons. The van der Waals surface area contributed by atoms with Crippen molar-refractivity contribution in [2.24, 2.45) is 0 Å². The lowest BCUT2D eigenvalue weighted by molar-refractivity contribution is 0.121. The number of piperidine rings is 1. The van der Waals surface area contributed by atoms with Crippen LogP contribution in [-0.4, -0.2) is 50.4 Å². The summed E-state index contributed by atoms with van der Waals surface area (Å²) in [6, 6.07) is 7.55. The molecule has 1 atom stereocenters. The van der Waals surface area contributed by atoms with Crippen LogP contribution < -0.4 is 15.1 Å². The fourth-order valence-electron chi connectivity index (χ4n) is 3.44. The van der Waals surface area contributed by atoms with Crippen LogP contribution in [-0.2, 0) is 4.74 Å². The minimum absolute atomic E-state index is 0.199. The maximum Gasteiger partial charge on any atom is 0.296 e. The van der Waals surface area contributed by atoms with Gasteiger partial charge in [-0.05, 0) is 31.0 Å². The highest BCUT2D eigenvalue weighted by Crippen LogP contribution is 2.24. The number of oxazole rings is 1. The molecule has 0 saturated carbocycles. The zero-order valence-electron chi connectivity index (χ0n) is 14.2. The molecule has 2 aliphatic heterocycles. The molecule has 4 rings (SSSR count). The molecular weight excluding hydrogens is 323 g/mol. The van der Waals surface area contributed by atoms with Crippen LogP contribution in [0.1, 0.15) is 12.8 Å². The van der Waals surface area contributed by atoms with Gasteiger partial charge in [0.2, 0.25) is 5.88 Å². The average Bonchev–Trinajstić information content (AvgIpc) is 3.11. The van der Waals surface area contributed by atoms with Gasteiger partial charge in [-0.3, -0.25) is 0 Å². The van der Waals surface area contributed by atoms with Gasteiger partial charge >= 0.3 is 0 Å². The van der Waals surface area contributed by atoms with Gasteiger partial charge in [0.05, 0.1) is 19.4 Å². The van der Waals surface area contributed by atoms with Crippen molar-refractivity contribution in [3.8, 4) is 0 Å². The molecule has 0 aliphatic carbocycles. The zero-order chi connectivity index (χ0) is 17.1. The van der Waals surface area contributed by atoms with Crippen LogP contribution in [0.15, 0.2) is 34.9 Å². The second kappa shape index (κ2) is 7.31. The first-order chi connectivity index (χ1) is 12.3. The van der Waals surface area contributed by atoms with Crippen molar-refractivity contribution in [1.82, 2.24) is 4.98 Å². The summed E-state index contributed by atoms with van der Waals surface area (Å²) in [5.74, 6) is 0.582. The summed E-state index contributed by atoms with van der Waals surface area (Å²) in [5.41, 5.74) is 0.924. The van der Waals surface area contributed by atoms with Gasteiger partial charge in [0, 0.05) is 37.9 Å². The smallest absolute Gasteiger partial charge is 0.296 e. The molecule has 6 nitrogen and oxygen atoms in total. The van der Waals surface area contributed by atoms with E-state index in [1.807, 2.05) is 6.07 Å². The Morgan fingerprint density at radius 2 is 2.04 bits per heavy atom. The quantitative estimate of drug-likeness (QED) is 0.919. The molecule has 134 valence electrons. The first-order valence-electron chi connectivity index (χ1n) is 8.83. The Bertz CT molecular complexity index is 702. The van der Waals surface area contributed by atoms with E-state index in [2.05, 4.69) is 20.1 Å². The Balaban J connectivity index is 1.38. The summed E-state index contributed by atoms with van der Waals surface area (Å²) in [6.07, 6.45) is 3.85. The SMILES string of the molecule is Fc1cccc(N2CCC[C@@H](Nc3ncc(N4CCOCC4)o3)C2)c1. The fraction of sp³-hybridized carbons (Fsp3) is 0.500. The number of hydrogen-bond donors (Lipinski definition) is 1. The molecule has 1 N–H and O–H groups in total. The van der Waals surface area contributed by atoms with Crippen molar-refractivity contribution in [3.63, 3.8) is 0 Å². The van der Waals surface area contributed by atoms with Crippen molar-refractivity contribution in [3.05, 3.63) is 36.3 Å². The number of aromatic nitrogens is 1. The molecule has 25 heavy (non-hydrogen) atoms. The number of rotatable bonds is 4. The molecule has 2 aliphatic rings. The highest BCUT2D eigenvalue weighted by Gasteiger charge is 2.22. The Morgan fingerprint density at radius 3 is 2.88 bits per heavy atom. The molecule has 2 aromatic rings. The summed E-state index contributed by atoms with van der Waals surface area (Å²) in [6.45, 7) is 4.82. The standard InChI is InChI=1S/C18H23FN4O2/c19-14-3-1-5-16(11-14)23-6-2-4-15(13-23)21-18-20-12-17(25-18)22-7-9-24-10-8-22/h1,3,5,11-12,15H,2,4,6-10,13H2,(H,20,21)/t15-/m1/s1. The van der Waals surface area contributed by atoms with Gasteiger partial charge in [-0.25, -0.2) is 4.39 Å². The van der Waals surface area contributed by atoms with E-state index in [0.717, 1.165) is 50.6 Å². The largest absolute Gasteiger partial charge is 0.407 e. The van der Waals surface area contributed by atoms with E-state index in [4.69, 9.17) is 9.15 Å². The number of anilines is 3. The summed E-state index contributed by atoms with van der Waals surface area (Å²) in [7, 11) is 0. The molecule has 0 spiro atoms. The van der Waals surface area contributed by atoms with E-state index >= 15 is 0 Å². The van der Waals surface area contributed by atoms with E-state index in [0.29, 0.717) is 19.2 Å². The third-order valence-electron chi connectivity index (χ3n) is 4.74. The van der Waals surface area contributed by atoms with Gasteiger partial charge in [0.15, 0.2) is 0 Å². The fourth-order valence-corrected chi connectivity index (χ4v) is 3.44. The summed E-state index contributed by atoms with van der Waals surface area (Å²) in [4.78, 5) is 8.70. The van der Waals surface area contributed by atoms with Crippen molar-refractivity contribution in [2.45, 2.75) is 18.9 Å². The second-order valence-electron chi connectivity index (χ2n) is 6.51. The third-order valence-corrected chi connectivity index (χ3v) is 4.74. The van der Waals surface area contributed by atoms with Gasteiger partial charge in [0.25, 0.3) is 6.01 Å². The number of nitrogens with one attached hydrogen (secondary N) is 1. The zero-order valence-corrected chi connectivity index (χ0v) is 14.2. The van der Waals surface area contributed by atoms with Crippen LogP contribution in [0.5, 0.6) is 0 Å². The van der Waals surface area contributed by atoms with Gasteiger partial charge in [0.1, 0.15) is 5.82 Å². The van der Waals surface area contributed by atoms with Gasteiger partial charge < -0.3 is 24.3 Å². The first kappa shape index (κ1) is 16.2. The monoisotopic (exact) mass is 346 g/mol. The van der Waals surface area contributed by atoms with Crippen LogP contribution in [0.4, 0.5) is 22.0 Å². The van der Waals surface area contributed by atoms with E-state index in [1.54, 1.807) is 18.3 Å². The molecular formula is C18H23FN4O2. The maximum atomic E-state index is 13.5. The highest BCUT2D eigenvalue weighted by atomic mass is 19.1. The minimum Gasteiger partial charge on any atom is -0.407 e. The Morgan fingerprint density at radius 1 is 1.16 bits per heavy atom. The number of nitrogens with zero attached hydrogens (tertiary/aromatic N) is 3. The van der Waals surface area contributed by atoms with E-state index in [1.165, 1.54) is 6.07 Å². The van der Waals surface area contributed by atoms with Crippen LogP contribution in [0.25, 0.3) is 0 Å². The normalized spacial score (nSPS) is 21.4. The molecule has 0 amide bonds. The molecule has 2 saturated heterocycles. The van der Waals surface area contributed by atoms with E-state index in [9.17, 15) is 4.39 Å². The van der Waals surface area contributed by atoms with E-state index in [-0.39, 0.29) is 11.9 Å². The lowest BCUT2D eigenvalue weighted by Gasteiger charge is -2.34. The molecule has 1 aromatic heterocycles. The van der Waals surface area contributed by atoms with Crippen molar-refractivity contribution in [1.29, 1.82) is 0 Å². The predicted molar refractivity (Wildman–Crippen MR) is 94.8 cm³/mol. The first-order valence-corrected chi connectivity index (χ1v) is 8.83. The minimum atomic E-state index is -0.199. The number of morpholine rings is 1. The van der Waals surface area contributed by atoms with Crippen molar-refractivity contribution >= 4 is 17.6 Å². The molecule has 3 heterocycles. The molecule has 2 fully saturated rings. The van der Waals surface area contributed by atoms with Crippen LogP contribution in [0.2, 0.25) is 0 Å². The summed E-state index contributed by atoms with van der Waals surface area (Å²) >= 11 is 0. The number of halogens is 1. The topological polar surface area (TPSA) is 53.8 Å². The van der Waals surface area contributed by atoms with Crippen LogP contribution in [0.3, 0.4) is 0 Å². The number of hydrogen-bond acceptors (Lipinski definition) is 6. The van der Waals surface area contributed by atoms with Gasteiger partial charge in [-0.15, -0.1) is 0 Å². The Kier molecular flexibility index (Phi) is 4.74. The average molecular weight is 346 g/mol. The lowest BCUT2D eigenvalue weighted by atomic mass is 10.1. The highest BCUT2D eigenvalue weighted by molar-refractivity contribution is 5.48. The predicted octanol–water partition coefficient (Wildman–Crippen LogP) is 2.73. The van der Waals surface area contributed by atoms with Crippen LogP contribution in [0, 0.1) is 5.82 Å². The van der Waals surface area contributed by atoms with Crippen LogP contribution >= 0.6 is 0 Å². The third kappa shape index (κ3) is 3.87. The molecule has 0 unspecified atom stereocenters. The second-order valence-corrected chi connectivity index (χ2v) is 6.51. The Labute approximate surface area is 146 Å². The van der Waals surface area contributed by atoms with Crippen molar-refractivity contribution < 1.29 is 13.5 Å². The molecule has 1 aromatic carbocycles. The van der Waals surface area contributed by atoms with Crippen molar-refractivity contribution in [2.75, 3.05) is 54.5 Å². The Hall–Kier alpha value is -2.28. The van der Waals surface area contributed by atoms with Gasteiger partial charge in [-0.1, -0.05) is 6.07 Å². The van der Waals surface area contributed by atoms with Gasteiger partial charge in [-0.2, -0.15) is 4.98 Å². The maximum absolute atomic E-state index is 13.5. The number of ether oxygens (including phenoxy) is 1. The molecule has 7 heteroatoms. The molecule has 0 bridgehead atoms. The lowest BCUT2D eigenvalue weighted by Crippen LogP contribution is -2.42. The van der Waals surface area contributed by atoms with E-state index < -0.39 is 0 Å². The number of benzene rings is 1. The summed E-state index contributed by atoms with van der Waals surface area (Å²) < 4.78 is 24.7. The summed E-state index contributed by atoms with van der Waals surface area (Å²) in [5, 5.41) is 3.38.